The van der Waals surface area contributed by atoms with Gasteiger partial charge in [0.25, 0.3) is 5.91 Å². The Kier molecular flexibility index (Phi) is 5.31. The molecular formula is C24H26N2O2. The number of carbonyl (C=O) groups excluding carboxylic acids is 1. The Hall–Kier alpha value is -2.85. The van der Waals surface area contributed by atoms with Crippen LogP contribution in [-0.4, -0.2) is 49.0 Å². The normalized spacial score (nSPS) is 15.0. The van der Waals surface area contributed by atoms with E-state index in [0.29, 0.717) is 5.56 Å². The third-order valence-electron chi connectivity index (χ3n) is 5.59. The highest BCUT2D eigenvalue weighted by molar-refractivity contribution is 5.94. The summed E-state index contributed by atoms with van der Waals surface area (Å²) < 4.78 is 5.36. The number of amides is 1. The number of hydrogen-bond acceptors (Lipinski definition) is 3. The fourth-order valence-corrected chi connectivity index (χ4v) is 3.92. The van der Waals surface area contributed by atoms with Crippen molar-refractivity contribution in [3.63, 3.8) is 0 Å². The predicted molar refractivity (Wildman–Crippen MR) is 113 cm³/mol. The Balaban J connectivity index is 1.41. The third kappa shape index (κ3) is 3.73. The zero-order valence-corrected chi connectivity index (χ0v) is 16.5. The minimum atomic E-state index is 0.0862. The van der Waals surface area contributed by atoms with Crippen molar-refractivity contribution in [3.8, 4) is 5.75 Å². The highest BCUT2D eigenvalue weighted by Gasteiger charge is 2.23. The molecule has 1 aliphatic rings. The summed E-state index contributed by atoms with van der Waals surface area (Å²) in [4.78, 5) is 17.3. The second kappa shape index (κ2) is 8.03. The summed E-state index contributed by atoms with van der Waals surface area (Å²) in [6, 6.07) is 20.7. The lowest BCUT2D eigenvalue weighted by molar-refractivity contribution is 0.0628. The van der Waals surface area contributed by atoms with Gasteiger partial charge in [-0.15, -0.1) is 0 Å². The first-order chi connectivity index (χ1) is 13.7. The van der Waals surface area contributed by atoms with Crippen molar-refractivity contribution in [1.29, 1.82) is 0 Å². The summed E-state index contributed by atoms with van der Waals surface area (Å²) in [6.07, 6.45) is 0. The van der Waals surface area contributed by atoms with Crippen LogP contribution in [0.15, 0.2) is 60.7 Å². The maximum Gasteiger partial charge on any atom is 0.254 e. The first-order valence-corrected chi connectivity index (χ1v) is 9.78. The van der Waals surface area contributed by atoms with Crippen LogP contribution in [0.1, 0.15) is 21.5 Å². The van der Waals surface area contributed by atoms with Crippen molar-refractivity contribution < 1.29 is 9.53 Å². The quantitative estimate of drug-likeness (QED) is 0.689. The molecule has 0 spiro atoms. The molecule has 1 aliphatic heterocycles. The van der Waals surface area contributed by atoms with Crippen LogP contribution < -0.4 is 4.74 Å². The monoisotopic (exact) mass is 374 g/mol. The molecule has 4 heteroatoms. The van der Waals surface area contributed by atoms with Gasteiger partial charge in [0.15, 0.2) is 0 Å². The molecule has 0 aromatic heterocycles. The molecule has 3 aromatic carbocycles. The van der Waals surface area contributed by atoms with Gasteiger partial charge in [-0.3, -0.25) is 9.69 Å². The van der Waals surface area contributed by atoms with Gasteiger partial charge in [-0.25, -0.2) is 0 Å². The molecule has 0 radical (unpaired) electrons. The van der Waals surface area contributed by atoms with Crippen LogP contribution in [0.5, 0.6) is 5.75 Å². The first kappa shape index (κ1) is 18.5. The average Bonchev–Trinajstić information content (AvgIpc) is 2.74. The van der Waals surface area contributed by atoms with E-state index in [-0.39, 0.29) is 5.91 Å². The molecule has 0 N–H and O–H groups in total. The molecule has 0 atom stereocenters. The maximum absolute atomic E-state index is 12.9. The third-order valence-corrected chi connectivity index (χ3v) is 5.59. The number of benzene rings is 3. The van der Waals surface area contributed by atoms with E-state index in [1.807, 2.05) is 30.0 Å². The van der Waals surface area contributed by atoms with Gasteiger partial charge in [-0.2, -0.15) is 0 Å². The number of carbonyl (C=O) groups is 1. The standard InChI is InChI=1S/C24H26N2O2/c1-18-10-11-20(16-23(18)28-2)24(27)26-14-12-25(13-15-26)17-21-8-5-7-19-6-3-4-9-22(19)21/h3-11,16H,12-15,17H2,1-2H3. The van der Waals surface area contributed by atoms with Crippen LogP contribution in [0.3, 0.4) is 0 Å². The van der Waals surface area contributed by atoms with Crippen molar-refractivity contribution in [2.24, 2.45) is 0 Å². The van der Waals surface area contributed by atoms with Crippen molar-refractivity contribution in [1.82, 2.24) is 9.80 Å². The van der Waals surface area contributed by atoms with Gasteiger partial charge in [-0.05, 0) is 41.0 Å². The molecule has 28 heavy (non-hydrogen) atoms. The Morgan fingerprint density at radius 1 is 0.964 bits per heavy atom. The molecule has 0 aliphatic carbocycles. The number of aryl methyl sites for hydroxylation is 1. The van der Waals surface area contributed by atoms with E-state index in [0.717, 1.165) is 44.0 Å². The summed E-state index contributed by atoms with van der Waals surface area (Å²) in [5.41, 5.74) is 3.09. The number of methoxy groups -OCH3 is 1. The van der Waals surface area contributed by atoms with E-state index < -0.39 is 0 Å². The predicted octanol–water partition coefficient (Wildman–Crippen LogP) is 4.11. The van der Waals surface area contributed by atoms with Gasteiger partial charge >= 0.3 is 0 Å². The number of nitrogens with zero attached hydrogens (tertiary/aromatic N) is 2. The van der Waals surface area contributed by atoms with Crippen molar-refractivity contribution in [2.45, 2.75) is 13.5 Å². The number of hydrogen-bond donors (Lipinski definition) is 0. The van der Waals surface area contributed by atoms with E-state index >= 15 is 0 Å². The summed E-state index contributed by atoms with van der Waals surface area (Å²) in [7, 11) is 1.64. The molecule has 0 bridgehead atoms. The average molecular weight is 374 g/mol. The molecule has 4 rings (SSSR count). The Labute approximate surface area is 166 Å². The lowest BCUT2D eigenvalue weighted by Crippen LogP contribution is -2.48. The van der Waals surface area contributed by atoms with Crippen LogP contribution in [0.4, 0.5) is 0 Å². The highest BCUT2D eigenvalue weighted by Crippen LogP contribution is 2.22. The SMILES string of the molecule is COc1cc(C(=O)N2CCN(Cc3cccc4ccccc34)CC2)ccc1C. The molecule has 1 saturated heterocycles. The van der Waals surface area contributed by atoms with Gasteiger partial charge in [-0.1, -0.05) is 48.5 Å². The maximum atomic E-state index is 12.9. The Morgan fingerprint density at radius 2 is 1.71 bits per heavy atom. The number of fused-ring (bicyclic) bond motifs is 1. The van der Waals surface area contributed by atoms with E-state index in [1.54, 1.807) is 7.11 Å². The van der Waals surface area contributed by atoms with E-state index in [1.165, 1.54) is 16.3 Å². The molecule has 144 valence electrons. The van der Waals surface area contributed by atoms with Gasteiger partial charge in [0, 0.05) is 38.3 Å². The lowest BCUT2D eigenvalue weighted by atomic mass is 10.0. The van der Waals surface area contributed by atoms with Crippen LogP contribution in [0, 0.1) is 6.92 Å². The van der Waals surface area contributed by atoms with Gasteiger partial charge in [0.1, 0.15) is 5.75 Å². The molecule has 3 aromatic rings. The zero-order valence-electron chi connectivity index (χ0n) is 16.5. The molecule has 0 saturated carbocycles. The molecule has 1 amide bonds. The van der Waals surface area contributed by atoms with Crippen LogP contribution in [0.2, 0.25) is 0 Å². The van der Waals surface area contributed by atoms with Crippen LogP contribution in [-0.2, 0) is 6.54 Å². The second-order valence-corrected chi connectivity index (χ2v) is 7.39. The Morgan fingerprint density at radius 3 is 2.50 bits per heavy atom. The van der Waals surface area contributed by atoms with Gasteiger partial charge in [0.2, 0.25) is 0 Å². The number of rotatable bonds is 4. The Bertz CT molecular complexity index is 986. The first-order valence-electron chi connectivity index (χ1n) is 9.78. The smallest absolute Gasteiger partial charge is 0.254 e. The fourth-order valence-electron chi connectivity index (χ4n) is 3.92. The molecule has 1 fully saturated rings. The second-order valence-electron chi connectivity index (χ2n) is 7.39. The van der Waals surface area contributed by atoms with Gasteiger partial charge in [0.05, 0.1) is 7.11 Å². The van der Waals surface area contributed by atoms with Gasteiger partial charge < -0.3 is 9.64 Å². The van der Waals surface area contributed by atoms with E-state index in [4.69, 9.17) is 4.74 Å². The molecule has 1 heterocycles. The summed E-state index contributed by atoms with van der Waals surface area (Å²) >= 11 is 0. The van der Waals surface area contributed by atoms with E-state index in [9.17, 15) is 4.79 Å². The summed E-state index contributed by atoms with van der Waals surface area (Å²) in [5.74, 6) is 0.851. The summed E-state index contributed by atoms with van der Waals surface area (Å²) in [5, 5.41) is 2.59. The van der Waals surface area contributed by atoms with Crippen LogP contribution >= 0.6 is 0 Å². The number of ether oxygens (including phenoxy) is 1. The lowest BCUT2D eigenvalue weighted by Gasteiger charge is -2.35. The molecule has 4 nitrogen and oxygen atoms in total. The van der Waals surface area contributed by atoms with Crippen LogP contribution in [0.25, 0.3) is 10.8 Å². The minimum absolute atomic E-state index is 0.0862. The van der Waals surface area contributed by atoms with Crippen molar-refractivity contribution >= 4 is 16.7 Å². The highest BCUT2D eigenvalue weighted by atomic mass is 16.5. The topological polar surface area (TPSA) is 32.8 Å². The fraction of sp³-hybridized carbons (Fsp3) is 0.292. The minimum Gasteiger partial charge on any atom is -0.496 e. The zero-order chi connectivity index (χ0) is 19.5. The molecule has 0 unspecified atom stereocenters. The van der Waals surface area contributed by atoms with Crippen molar-refractivity contribution in [2.75, 3.05) is 33.3 Å². The van der Waals surface area contributed by atoms with Crippen molar-refractivity contribution in [3.05, 3.63) is 77.4 Å². The number of piperazine rings is 1. The summed E-state index contributed by atoms with van der Waals surface area (Å²) in [6.45, 7) is 6.18. The van der Waals surface area contributed by atoms with E-state index in [2.05, 4.69) is 47.4 Å². The largest absolute Gasteiger partial charge is 0.496 e. The molecular weight excluding hydrogens is 348 g/mol.